The van der Waals surface area contributed by atoms with Gasteiger partial charge >= 0.3 is 11.8 Å². The molecule has 1 atom stereocenters. The van der Waals surface area contributed by atoms with Crippen molar-refractivity contribution in [2.24, 2.45) is 4.99 Å². The molecule has 1 rings (SSSR count). The van der Waals surface area contributed by atoms with Gasteiger partial charge in [-0.25, -0.2) is 14.9 Å². The molecule has 0 radical (unpaired) electrons. The van der Waals surface area contributed by atoms with E-state index in [-0.39, 0.29) is 5.12 Å². The summed E-state index contributed by atoms with van der Waals surface area (Å²) in [7, 11) is 0. The van der Waals surface area contributed by atoms with Gasteiger partial charge in [-0.05, 0) is 5.12 Å². The molecular weight excluding hydrogens is 202 g/mol. The Morgan fingerprint density at radius 3 is 2.36 bits per heavy atom. The van der Waals surface area contributed by atoms with E-state index in [2.05, 4.69) is 4.99 Å². The Balaban J connectivity index is 2.99. The molecule has 0 aliphatic carbocycles. The molecule has 0 aromatic heterocycles. The highest BCUT2D eigenvalue weighted by atomic mass is 16.7. The van der Waals surface area contributed by atoms with Crippen molar-refractivity contribution in [3.8, 4) is 0 Å². The van der Waals surface area contributed by atoms with Crippen LogP contribution in [0.15, 0.2) is 4.99 Å². The number of hydrogen-bond acceptors (Lipinski definition) is 7. The first kappa shape index (κ1) is 9.79. The Hall–Kier alpha value is -2.30. The minimum absolute atomic E-state index is 0.00306. The van der Waals surface area contributed by atoms with Crippen LogP contribution in [0.25, 0.3) is 0 Å². The van der Waals surface area contributed by atoms with E-state index in [4.69, 9.17) is 5.11 Å². The summed E-state index contributed by atoms with van der Waals surface area (Å²) in [6, 6.07) is 0. The molecule has 1 aliphatic heterocycles. The molecule has 11 nitrogen and oxygen atoms in total. The van der Waals surface area contributed by atoms with E-state index in [9.17, 15) is 25.0 Å². The maximum Gasteiger partial charge on any atom is 0.492 e. The van der Waals surface area contributed by atoms with Gasteiger partial charge in [-0.3, -0.25) is 10.1 Å². The second-order valence-corrected chi connectivity index (χ2v) is 2.17. The van der Waals surface area contributed by atoms with E-state index in [0.29, 0.717) is 6.34 Å². The van der Waals surface area contributed by atoms with Crippen LogP contribution in [-0.4, -0.2) is 38.3 Å². The molecular formula is C3H3N5O6. The number of nitrogens with zero attached hydrogens (tertiary/aromatic N) is 4. The fourth-order valence-electron chi connectivity index (χ4n) is 0.708. The van der Waals surface area contributed by atoms with Crippen LogP contribution in [0.1, 0.15) is 0 Å². The number of hydrazine groups is 2. The zero-order chi connectivity index (χ0) is 10.9. The molecule has 0 spiro atoms. The molecule has 1 aliphatic rings. The average molecular weight is 205 g/mol. The molecule has 0 fully saturated rings. The van der Waals surface area contributed by atoms with Gasteiger partial charge < -0.3 is 5.11 Å². The van der Waals surface area contributed by atoms with Crippen molar-refractivity contribution in [3.63, 3.8) is 0 Å². The van der Waals surface area contributed by atoms with Crippen molar-refractivity contribution in [3.05, 3.63) is 20.2 Å². The van der Waals surface area contributed by atoms with Crippen molar-refractivity contribution >= 4 is 12.3 Å². The highest BCUT2D eigenvalue weighted by Crippen LogP contribution is 2.13. The number of nitrogens with one attached hydrogen (secondary N) is 1. The number of nitro groups is 2. The van der Waals surface area contributed by atoms with Crippen molar-refractivity contribution in [2.45, 2.75) is 5.79 Å². The standard InChI is InChI=1S/C3H3N5O6/c9-2(10)3(7(11)12)4-1-6(5-3)8(13)14/h1,5H,(H,9,10). The van der Waals surface area contributed by atoms with Gasteiger partial charge in [-0.1, -0.05) is 5.43 Å². The van der Waals surface area contributed by atoms with Gasteiger partial charge in [0.05, 0.1) is 4.92 Å². The van der Waals surface area contributed by atoms with Crippen LogP contribution >= 0.6 is 0 Å². The van der Waals surface area contributed by atoms with E-state index >= 15 is 0 Å². The lowest BCUT2D eigenvalue weighted by Crippen LogP contribution is -2.58. The van der Waals surface area contributed by atoms with Gasteiger partial charge in [0.2, 0.25) is 0 Å². The number of rotatable bonds is 3. The number of carboxylic acids is 1. The molecule has 0 aromatic carbocycles. The summed E-state index contributed by atoms with van der Waals surface area (Å²) in [6.07, 6.45) is 0.414. The summed E-state index contributed by atoms with van der Waals surface area (Å²) in [6.45, 7) is 0. The molecule has 0 saturated carbocycles. The predicted octanol–water partition coefficient (Wildman–Crippen LogP) is -1.96. The summed E-state index contributed by atoms with van der Waals surface area (Å²) in [5.41, 5.74) is 1.52. The lowest BCUT2D eigenvalue weighted by atomic mass is 10.4. The second-order valence-electron chi connectivity index (χ2n) is 2.17. The summed E-state index contributed by atoms with van der Waals surface area (Å²) in [5.74, 6) is -4.85. The molecule has 1 unspecified atom stereocenters. The van der Waals surface area contributed by atoms with E-state index in [1.165, 1.54) is 5.43 Å². The number of carbonyl (C=O) groups is 1. The van der Waals surface area contributed by atoms with Crippen LogP contribution in [-0.2, 0) is 4.79 Å². The zero-order valence-electron chi connectivity index (χ0n) is 6.35. The first-order valence-corrected chi connectivity index (χ1v) is 3.05. The van der Waals surface area contributed by atoms with Crippen molar-refractivity contribution < 1.29 is 19.9 Å². The van der Waals surface area contributed by atoms with Crippen LogP contribution in [0.3, 0.4) is 0 Å². The largest absolute Gasteiger partial charge is 0.492 e. The minimum Gasteiger partial charge on any atom is -0.473 e. The highest BCUT2D eigenvalue weighted by Gasteiger charge is 2.58. The monoisotopic (exact) mass is 205 g/mol. The lowest BCUT2D eigenvalue weighted by Gasteiger charge is -2.11. The number of carboxylic acid groups (broad SMARTS) is 1. The van der Waals surface area contributed by atoms with E-state index in [0.717, 1.165) is 0 Å². The van der Waals surface area contributed by atoms with Crippen LogP contribution in [0.2, 0.25) is 0 Å². The Morgan fingerprint density at radius 2 is 2.14 bits per heavy atom. The number of aliphatic carboxylic acids is 1. The maximum atomic E-state index is 10.5. The fraction of sp³-hybridized carbons (Fsp3) is 0.333. The molecule has 76 valence electrons. The maximum absolute atomic E-state index is 10.5. The summed E-state index contributed by atoms with van der Waals surface area (Å²) < 4.78 is 0. The third-order valence-electron chi connectivity index (χ3n) is 1.36. The molecule has 1 heterocycles. The Bertz CT molecular complexity index is 322. The SMILES string of the molecule is O=C(O)C1([N+](=O)[O-])N=CN([N+](=O)[O-])N1. The third kappa shape index (κ3) is 1.20. The fourth-order valence-corrected chi connectivity index (χ4v) is 0.708. The van der Waals surface area contributed by atoms with Crippen molar-refractivity contribution in [2.75, 3.05) is 0 Å². The number of aliphatic imine (C=N–C) groups is 1. The smallest absolute Gasteiger partial charge is 0.473 e. The van der Waals surface area contributed by atoms with Gasteiger partial charge in [-0.2, -0.15) is 4.99 Å². The van der Waals surface area contributed by atoms with E-state index in [1.807, 2.05) is 0 Å². The van der Waals surface area contributed by atoms with Crippen LogP contribution in [0.4, 0.5) is 0 Å². The minimum atomic E-state index is -2.91. The molecule has 0 saturated heterocycles. The average Bonchev–Trinajstić information content (AvgIpc) is 2.48. The summed E-state index contributed by atoms with van der Waals surface area (Å²) >= 11 is 0. The summed E-state index contributed by atoms with van der Waals surface area (Å²) in [5, 5.41) is 27.8. The van der Waals surface area contributed by atoms with Gasteiger partial charge in [-0.15, -0.1) is 0 Å². The number of hydrogen-bond donors (Lipinski definition) is 2. The molecule has 0 bridgehead atoms. The zero-order valence-corrected chi connectivity index (χ0v) is 6.35. The lowest BCUT2D eigenvalue weighted by molar-refractivity contribution is -0.661. The van der Waals surface area contributed by atoms with Crippen molar-refractivity contribution in [1.29, 1.82) is 0 Å². The highest BCUT2D eigenvalue weighted by molar-refractivity contribution is 5.79. The van der Waals surface area contributed by atoms with Crippen LogP contribution < -0.4 is 5.43 Å². The first-order chi connectivity index (χ1) is 6.40. The molecule has 0 amide bonds. The molecule has 14 heavy (non-hydrogen) atoms. The van der Waals surface area contributed by atoms with Crippen molar-refractivity contribution in [1.82, 2.24) is 10.5 Å². The van der Waals surface area contributed by atoms with Crippen LogP contribution in [0.5, 0.6) is 0 Å². The quantitative estimate of drug-likeness (QED) is 0.398. The van der Waals surface area contributed by atoms with E-state index < -0.39 is 21.7 Å². The third-order valence-corrected chi connectivity index (χ3v) is 1.36. The topological polar surface area (TPSA) is 151 Å². The molecule has 11 heteroatoms. The Labute approximate surface area is 74.9 Å². The first-order valence-electron chi connectivity index (χ1n) is 3.05. The Morgan fingerprint density at radius 1 is 1.57 bits per heavy atom. The summed E-state index contributed by atoms with van der Waals surface area (Å²) in [4.78, 5) is 32.5. The Kier molecular flexibility index (Phi) is 2.01. The molecule has 2 N–H and O–H groups in total. The van der Waals surface area contributed by atoms with Gasteiger partial charge in [0, 0.05) is 0 Å². The van der Waals surface area contributed by atoms with Gasteiger partial charge in [0.15, 0.2) is 11.4 Å². The second kappa shape index (κ2) is 2.88. The van der Waals surface area contributed by atoms with Gasteiger partial charge in [0.25, 0.3) is 0 Å². The predicted molar refractivity (Wildman–Crippen MR) is 37.8 cm³/mol. The normalized spacial score (nSPS) is 25.0. The van der Waals surface area contributed by atoms with Crippen LogP contribution in [0, 0.1) is 20.2 Å². The molecule has 0 aromatic rings. The van der Waals surface area contributed by atoms with Gasteiger partial charge in [0.1, 0.15) is 0 Å². The van der Waals surface area contributed by atoms with E-state index in [1.54, 1.807) is 0 Å².